The van der Waals surface area contributed by atoms with Gasteiger partial charge in [-0.25, -0.2) is 0 Å². The molecule has 19 heavy (non-hydrogen) atoms. The van der Waals surface area contributed by atoms with Crippen LogP contribution in [0.5, 0.6) is 0 Å². The van der Waals surface area contributed by atoms with Crippen LogP contribution in [0.15, 0.2) is 18.3 Å². The lowest BCUT2D eigenvalue weighted by molar-refractivity contribution is 0.153. The number of hydrogen-bond acceptors (Lipinski definition) is 3. The first-order chi connectivity index (χ1) is 9.29. The third-order valence-electron chi connectivity index (χ3n) is 3.89. The van der Waals surface area contributed by atoms with E-state index in [2.05, 4.69) is 45.8 Å². The van der Waals surface area contributed by atoms with Gasteiger partial charge in [-0.2, -0.15) is 5.26 Å². The smallest absolute Gasteiger partial charge is 0.0640 e. The minimum absolute atomic E-state index is 0.597. The molecule has 1 aliphatic rings. The Labute approximate surface area is 116 Å². The zero-order valence-corrected chi connectivity index (χ0v) is 11.9. The summed E-state index contributed by atoms with van der Waals surface area (Å²) in [5, 5.41) is 8.65. The Morgan fingerprint density at radius 2 is 2.00 bits per heavy atom. The molecule has 0 N–H and O–H groups in total. The summed E-state index contributed by atoms with van der Waals surface area (Å²) in [4.78, 5) is 4.95. The number of likely N-dealkylation sites (N-methyl/N-ethyl adjacent to an activating group) is 1. The Balaban J connectivity index is 1.71. The molecule has 0 aliphatic carbocycles. The highest BCUT2D eigenvalue weighted by molar-refractivity contribution is 5.07. The van der Waals surface area contributed by atoms with E-state index in [-0.39, 0.29) is 0 Å². The third-order valence-corrected chi connectivity index (χ3v) is 3.89. The fourth-order valence-corrected chi connectivity index (χ4v) is 2.62. The molecule has 0 unspecified atom stereocenters. The van der Waals surface area contributed by atoms with Crippen molar-refractivity contribution in [1.29, 1.82) is 5.26 Å². The summed E-state index contributed by atoms with van der Waals surface area (Å²) >= 11 is 0. The van der Waals surface area contributed by atoms with Gasteiger partial charge in [-0.1, -0.05) is 0 Å². The molecule has 4 nitrogen and oxygen atoms in total. The summed E-state index contributed by atoms with van der Waals surface area (Å²) in [7, 11) is 2.19. The molecule has 0 atom stereocenters. The summed E-state index contributed by atoms with van der Waals surface area (Å²) in [6.45, 7) is 6.81. The maximum atomic E-state index is 8.65. The summed E-state index contributed by atoms with van der Waals surface area (Å²) in [5.74, 6) is 0. The first-order valence-corrected chi connectivity index (χ1v) is 7.21. The van der Waals surface area contributed by atoms with Crippen molar-refractivity contribution in [2.24, 2.45) is 0 Å². The standard InChI is InChI=1S/C15H24N4/c1-17-11-13-18(14-12-17)8-2-5-15-6-3-9-19(15)10-4-7-16/h3,6,9H,2,4-5,8,10-14H2,1H3. The van der Waals surface area contributed by atoms with E-state index in [0.29, 0.717) is 6.42 Å². The fraction of sp³-hybridized carbons (Fsp3) is 0.667. The van der Waals surface area contributed by atoms with Crippen molar-refractivity contribution in [2.75, 3.05) is 39.8 Å². The van der Waals surface area contributed by atoms with Crippen LogP contribution in [0.3, 0.4) is 0 Å². The zero-order valence-electron chi connectivity index (χ0n) is 11.9. The molecule has 4 heteroatoms. The second-order valence-electron chi connectivity index (χ2n) is 5.35. The Morgan fingerprint density at radius 1 is 1.21 bits per heavy atom. The van der Waals surface area contributed by atoms with Crippen LogP contribution >= 0.6 is 0 Å². The second kappa shape index (κ2) is 7.32. The third kappa shape index (κ3) is 4.38. The lowest BCUT2D eigenvalue weighted by Gasteiger charge is -2.32. The van der Waals surface area contributed by atoms with Crippen molar-refractivity contribution in [1.82, 2.24) is 14.4 Å². The van der Waals surface area contributed by atoms with Crippen LogP contribution in [0.1, 0.15) is 18.5 Å². The van der Waals surface area contributed by atoms with Crippen LogP contribution in [-0.4, -0.2) is 54.1 Å². The molecule has 104 valence electrons. The van der Waals surface area contributed by atoms with E-state index >= 15 is 0 Å². The molecule has 1 aromatic rings. The Morgan fingerprint density at radius 3 is 2.74 bits per heavy atom. The second-order valence-corrected chi connectivity index (χ2v) is 5.35. The largest absolute Gasteiger partial charge is 0.350 e. The van der Waals surface area contributed by atoms with Gasteiger partial charge in [0.25, 0.3) is 0 Å². The highest BCUT2D eigenvalue weighted by Gasteiger charge is 2.13. The molecule has 1 aliphatic heterocycles. The van der Waals surface area contributed by atoms with Crippen LogP contribution in [0.25, 0.3) is 0 Å². The van der Waals surface area contributed by atoms with Crippen molar-refractivity contribution >= 4 is 0 Å². The van der Waals surface area contributed by atoms with Gasteiger partial charge in [-0.15, -0.1) is 0 Å². The van der Waals surface area contributed by atoms with E-state index in [1.165, 1.54) is 44.8 Å². The molecular formula is C15H24N4. The van der Waals surface area contributed by atoms with Gasteiger partial charge in [0.05, 0.1) is 12.5 Å². The number of nitriles is 1. The van der Waals surface area contributed by atoms with Gasteiger partial charge in [0, 0.05) is 44.6 Å². The van der Waals surface area contributed by atoms with Gasteiger partial charge in [-0.3, -0.25) is 0 Å². The molecule has 0 saturated carbocycles. The average Bonchev–Trinajstić information content (AvgIpc) is 2.86. The van der Waals surface area contributed by atoms with Gasteiger partial charge in [0.2, 0.25) is 0 Å². The van der Waals surface area contributed by atoms with E-state index in [1.807, 2.05) is 0 Å². The van der Waals surface area contributed by atoms with Crippen molar-refractivity contribution < 1.29 is 0 Å². The summed E-state index contributed by atoms with van der Waals surface area (Å²) in [6, 6.07) is 6.48. The zero-order chi connectivity index (χ0) is 13.5. The number of aromatic nitrogens is 1. The molecule has 0 amide bonds. The van der Waals surface area contributed by atoms with Crippen LogP contribution in [-0.2, 0) is 13.0 Å². The van der Waals surface area contributed by atoms with Gasteiger partial charge >= 0.3 is 0 Å². The Hall–Kier alpha value is -1.31. The number of hydrogen-bond donors (Lipinski definition) is 0. The van der Waals surface area contributed by atoms with E-state index in [1.54, 1.807) is 0 Å². The van der Waals surface area contributed by atoms with Crippen molar-refractivity contribution in [3.8, 4) is 6.07 Å². The first kappa shape index (κ1) is 14.1. The summed E-state index contributed by atoms with van der Waals surface area (Å²) in [6.07, 6.45) is 5.01. The molecular weight excluding hydrogens is 236 g/mol. The predicted molar refractivity (Wildman–Crippen MR) is 76.9 cm³/mol. The fourth-order valence-electron chi connectivity index (χ4n) is 2.62. The van der Waals surface area contributed by atoms with Crippen molar-refractivity contribution in [2.45, 2.75) is 25.8 Å². The van der Waals surface area contributed by atoms with E-state index in [0.717, 1.165) is 13.0 Å². The monoisotopic (exact) mass is 260 g/mol. The highest BCUT2D eigenvalue weighted by Crippen LogP contribution is 2.08. The van der Waals surface area contributed by atoms with E-state index in [9.17, 15) is 0 Å². The van der Waals surface area contributed by atoms with E-state index in [4.69, 9.17) is 5.26 Å². The SMILES string of the molecule is CN1CCN(CCCc2cccn2CCC#N)CC1. The average molecular weight is 260 g/mol. The minimum atomic E-state index is 0.597. The number of rotatable bonds is 6. The topological polar surface area (TPSA) is 35.2 Å². The quantitative estimate of drug-likeness (QED) is 0.779. The first-order valence-electron chi connectivity index (χ1n) is 7.21. The maximum absolute atomic E-state index is 8.65. The van der Waals surface area contributed by atoms with Crippen LogP contribution < -0.4 is 0 Å². The van der Waals surface area contributed by atoms with Gasteiger partial charge < -0.3 is 14.4 Å². The molecule has 0 bridgehead atoms. The van der Waals surface area contributed by atoms with Crippen LogP contribution in [0.4, 0.5) is 0 Å². The molecule has 1 fully saturated rings. The van der Waals surface area contributed by atoms with Crippen LogP contribution in [0, 0.1) is 11.3 Å². The van der Waals surface area contributed by atoms with Gasteiger partial charge in [0.1, 0.15) is 0 Å². The van der Waals surface area contributed by atoms with Crippen LogP contribution in [0.2, 0.25) is 0 Å². The Kier molecular flexibility index (Phi) is 5.44. The summed E-state index contributed by atoms with van der Waals surface area (Å²) in [5.41, 5.74) is 1.37. The van der Waals surface area contributed by atoms with Gasteiger partial charge in [0.15, 0.2) is 0 Å². The number of aryl methyl sites for hydroxylation is 2. The Bertz CT molecular complexity index is 410. The number of nitrogens with zero attached hydrogens (tertiary/aromatic N) is 4. The molecule has 2 heterocycles. The number of piperazine rings is 1. The molecule has 2 rings (SSSR count). The molecule has 0 aromatic carbocycles. The highest BCUT2D eigenvalue weighted by atomic mass is 15.2. The molecule has 0 spiro atoms. The molecule has 0 radical (unpaired) electrons. The maximum Gasteiger partial charge on any atom is 0.0640 e. The van der Waals surface area contributed by atoms with Gasteiger partial charge in [-0.05, 0) is 38.6 Å². The lowest BCUT2D eigenvalue weighted by Crippen LogP contribution is -2.44. The molecule has 1 saturated heterocycles. The van der Waals surface area contributed by atoms with E-state index < -0.39 is 0 Å². The molecule has 1 aromatic heterocycles. The predicted octanol–water partition coefficient (Wildman–Crippen LogP) is 1.58. The summed E-state index contributed by atoms with van der Waals surface area (Å²) < 4.78 is 2.22. The minimum Gasteiger partial charge on any atom is -0.350 e. The van der Waals surface area contributed by atoms with Crippen molar-refractivity contribution in [3.63, 3.8) is 0 Å². The normalized spacial score (nSPS) is 17.5. The lowest BCUT2D eigenvalue weighted by atomic mass is 10.2. The van der Waals surface area contributed by atoms with Crippen molar-refractivity contribution in [3.05, 3.63) is 24.0 Å².